The number of hydrogen-bond acceptors (Lipinski definition) is 4. The highest BCUT2D eigenvalue weighted by Crippen LogP contribution is 2.30. The molecule has 2 aromatic carbocycles. The predicted molar refractivity (Wildman–Crippen MR) is 97.4 cm³/mol. The van der Waals surface area contributed by atoms with E-state index >= 15 is 0 Å². The number of ether oxygens (including phenoxy) is 1. The van der Waals surface area contributed by atoms with Crippen molar-refractivity contribution in [3.63, 3.8) is 0 Å². The van der Waals surface area contributed by atoms with E-state index in [9.17, 15) is 14.3 Å². The van der Waals surface area contributed by atoms with Crippen LogP contribution in [-0.2, 0) is 0 Å². The zero-order valence-corrected chi connectivity index (χ0v) is 14.2. The van der Waals surface area contributed by atoms with Crippen LogP contribution in [-0.4, -0.2) is 27.9 Å². The van der Waals surface area contributed by atoms with E-state index in [-0.39, 0.29) is 17.1 Å². The zero-order chi connectivity index (χ0) is 19.6. The third kappa shape index (κ3) is 3.41. The molecule has 3 aromatic rings. The number of hydrogen-bond donors (Lipinski definition) is 3. The van der Waals surface area contributed by atoms with Crippen molar-refractivity contribution < 1.29 is 24.1 Å². The van der Waals surface area contributed by atoms with E-state index in [2.05, 4.69) is 12.0 Å². The Morgan fingerprint density at radius 2 is 2.00 bits per heavy atom. The Morgan fingerprint density at radius 3 is 2.59 bits per heavy atom. The van der Waals surface area contributed by atoms with E-state index in [0.29, 0.717) is 22.4 Å². The standard InChI is InChI=1S/C20H15FN2O4/c1-27-19-5-2-12(8-17(19)21)16-11-23(10-13(16)6-7-22)14-3-4-15(20(25)26)18(24)9-14/h2-5,8-11,24H,22H2,1H3,(H,25,26). The van der Waals surface area contributed by atoms with Crippen LogP contribution < -0.4 is 10.5 Å². The summed E-state index contributed by atoms with van der Waals surface area (Å²) >= 11 is 0. The molecule has 4 N–H and O–H groups in total. The van der Waals surface area contributed by atoms with Crippen molar-refractivity contribution in [1.29, 1.82) is 0 Å². The lowest BCUT2D eigenvalue weighted by molar-refractivity contribution is 0.0693. The number of phenols is 1. The largest absolute Gasteiger partial charge is 0.507 e. The Morgan fingerprint density at radius 1 is 1.22 bits per heavy atom. The van der Waals surface area contributed by atoms with Gasteiger partial charge in [-0.05, 0) is 35.7 Å². The van der Waals surface area contributed by atoms with Gasteiger partial charge in [0, 0.05) is 35.8 Å². The summed E-state index contributed by atoms with van der Waals surface area (Å²) in [5.41, 5.74) is 7.38. The minimum Gasteiger partial charge on any atom is -0.507 e. The second-order valence-corrected chi connectivity index (χ2v) is 5.62. The molecule has 0 fully saturated rings. The number of aromatic carboxylic acids is 1. The number of nitrogens with two attached hydrogens (primary N) is 1. The van der Waals surface area contributed by atoms with Crippen LogP contribution in [0.2, 0.25) is 0 Å². The number of rotatable bonds is 4. The van der Waals surface area contributed by atoms with Crippen LogP contribution in [0.15, 0.2) is 48.8 Å². The summed E-state index contributed by atoms with van der Waals surface area (Å²) in [5, 5.41) is 18.9. The van der Waals surface area contributed by atoms with Gasteiger partial charge in [-0.3, -0.25) is 0 Å². The first-order valence-electron chi connectivity index (χ1n) is 7.78. The molecule has 0 radical (unpaired) electrons. The SMILES string of the molecule is COc1ccc(-c2cn(-c3ccc(C(=O)O)c(O)c3)cc2C#CN)cc1F. The number of carboxylic acid groups (broad SMARTS) is 1. The Kier molecular flexibility index (Phi) is 4.73. The molecule has 0 bridgehead atoms. The maximum absolute atomic E-state index is 14.1. The molecule has 6 nitrogen and oxygen atoms in total. The second-order valence-electron chi connectivity index (χ2n) is 5.62. The van der Waals surface area contributed by atoms with Crippen molar-refractivity contribution in [3.05, 3.63) is 65.7 Å². The van der Waals surface area contributed by atoms with Crippen LogP contribution in [0.3, 0.4) is 0 Å². The van der Waals surface area contributed by atoms with Gasteiger partial charge in [0.25, 0.3) is 0 Å². The smallest absolute Gasteiger partial charge is 0.339 e. The van der Waals surface area contributed by atoms with E-state index in [1.54, 1.807) is 29.1 Å². The van der Waals surface area contributed by atoms with Gasteiger partial charge in [-0.15, -0.1) is 0 Å². The third-order valence-electron chi connectivity index (χ3n) is 4.01. The maximum atomic E-state index is 14.1. The Bertz CT molecular complexity index is 1090. The van der Waals surface area contributed by atoms with Crippen LogP contribution >= 0.6 is 0 Å². The first-order valence-corrected chi connectivity index (χ1v) is 7.78. The molecule has 1 heterocycles. The van der Waals surface area contributed by atoms with E-state index in [1.165, 1.54) is 31.4 Å². The Balaban J connectivity index is 2.11. The van der Waals surface area contributed by atoms with Crippen molar-refractivity contribution in [1.82, 2.24) is 4.57 Å². The van der Waals surface area contributed by atoms with Gasteiger partial charge in [0.2, 0.25) is 0 Å². The van der Waals surface area contributed by atoms with E-state index in [1.807, 2.05) is 0 Å². The lowest BCUT2D eigenvalue weighted by Crippen LogP contribution is -1.98. The molecule has 0 saturated heterocycles. The number of halogens is 1. The topological polar surface area (TPSA) is 97.7 Å². The van der Waals surface area contributed by atoms with Crippen molar-refractivity contribution in [2.75, 3.05) is 7.11 Å². The highest BCUT2D eigenvalue weighted by Gasteiger charge is 2.14. The summed E-state index contributed by atoms with van der Waals surface area (Å²) < 4.78 is 20.6. The highest BCUT2D eigenvalue weighted by atomic mass is 19.1. The summed E-state index contributed by atoms with van der Waals surface area (Å²) in [6.07, 6.45) is 3.35. The first kappa shape index (κ1) is 17.9. The zero-order valence-electron chi connectivity index (χ0n) is 14.2. The van der Waals surface area contributed by atoms with Crippen molar-refractivity contribution >= 4 is 5.97 Å². The van der Waals surface area contributed by atoms with Gasteiger partial charge >= 0.3 is 5.97 Å². The van der Waals surface area contributed by atoms with Crippen LogP contribution in [0.4, 0.5) is 4.39 Å². The Hall–Kier alpha value is -3.92. The second kappa shape index (κ2) is 7.14. The molecule has 0 unspecified atom stereocenters. The fourth-order valence-corrected chi connectivity index (χ4v) is 2.71. The molecule has 1 aromatic heterocycles. The fourth-order valence-electron chi connectivity index (χ4n) is 2.71. The minimum absolute atomic E-state index is 0.124. The molecule has 0 spiro atoms. The van der Waals surface area contributed by atoms with Crippen LogP contribution in [0.1, 0.15) is 15.9 Å². The Labute approximate surface area is 154 Å². The van der Waals surface area contributed by atoms with Gasteiger partial charge in [-0.25, -0.2) is 9.18 Å². The van der Waals surface area contributed by atoms with Gasteiger partial charge in [-0.2, -0.15) is 0 Å². The number of methoxy groups -OCH3 is 1. The third-order valence-corrected chi connectivity index (χ3v) is 4.01. The van der Waals surface area contributed by atoms with Crippen LogP contribution in [0, 0.1) is 17.8 Å². The lowest BCUT2D eigenvalue weighted by atomic mass is 10.0. The van der Waals surface area contributed by atoms with Crippen LogP contribution in [0.25, 0.3) is 16.8 Å². The summed E-state index contributed by atoms with van der Waals surface area (Å²) in [6, 6.07) is 11.0. The molecule has 136 valence electrons. The van der Waals surface area contributed by atoms with E-state index in [0.717, 1.165) is 0 Å². The number of carbonyl (C=O) groups is 1. The van der Waals surface area contributed by atoms with Crippen LogP contribution in [0.5, 0.6) is 11.5 Å². The quantitative estimate of drug-likeness (QED) is 0.487. The summed E-state index contributed by atoms with van der Waals surface area (Å²) in [4.78, 5) is 11.0. The van der Waals surface area contributed by atoms with Crippen molar-refractivity contribution in [2.24, 2.45) is 5.73 Å². The molecule has 0 atom stereocenters. The maximum Gasteiger partial charge on any atom is 0.339 e. The number of nitrogens with zero attached hydrogens (tertiary/aromatic N) is 1. The number of carboxylic acids is 1. The van der Waals surface area contributed by atoms with E-state index < -0.39 is 11.8 Å². The summed E-state index contributed by atoms with van der Waals surface area (Å²) in [5.74, 6) is 0.772. The van der Waals surface area contributed by atoms with Gasteiger partial charge in [-0.1, -0.05) is 6.07 Å². The molecule has 0 aliphatic heterocycles. The lowest BCUT2D eigenvalue weighted by Gasteiger charge is -2.06. The van der Waals surface area contributed by atoms with E-state index in [4.69, 9.17) is 15.6 Å². The molecule has 7 heteroatoms. The summed E-state index contributed by atoms with van der Waals surface area (Å²) in [7, 11) is 1.38. The number of aromatic nitrogens is 1. The monoisotopic (exact) mass is 366 g/mol. The first-order chi connectivity index (χ1) is 12.9. The molecular weight excluding hydrogens is 351 g/mol. The van der Waals surface area contributed by atoms with Gasteiger partial charge < -0.3 is 25.3 Å². The summed E-state index contributed by atoms with van der Waals surface area (Å²) in [6.45, 7) is 0. The molecule has 0 saturated carbocycles. The molecule has 0 amide bonds. The molecule has 0 aliphatic rings. The molecule has 0 aliphatic carbocycles. The van der Waals surface area contributed by atoms with Gasteiger partial charge in [0.05, 0.1) is 12.7 Å². The predicted octanol–water partition coefficient (Wildman–Crippen LogP) is 2.96. The number of benzene rings is 2. The minimum atomic E-state index is -1.23. The van der Waals surface area contributed by atoms with Gasteiger partial charge in [0.15, 0.2) is 11.6 Å². The van der Waals surface area contributed by atoms with Gasteiger partial charge in [0.1, 0.15) is 11.3 Å². The fraction of sp³-hybridized carbons (Fsp3) is 0.0500. The molecule has 3 rings (SSSR count). The molecule has 27 heavy (non-hydrogen) atoms. The van der Waals surface area contributed by atoms with Crippen molar-refractivity contribution in [3.8, 4) is 40.3 Å². The van der Waals surface area contributed by atoms with Crippen molar-refractivity contribution in [2.45, 2.75) is 0 Å². The number of aromatic hydroxyl groups is 1. The molecular formula is C20H15FN2O4. The normalized spacial score (nSPS) is 10.1. The average molecular weight is 366 g/mol. The average Bonchev–Trinajstić information content (AvgIpc) is 3.05. The highest BCUT2D eigenvalue weighted by molar-refractivity contribution is 5.91.